The molecule has 0 saturated heterocycles. The smallest absolute Gasteiger partial charge is 0.280 e. The van der Waals surface area contributed by atoms with E-state index >= 15 is 0 Å². The van der Waals surface area contributed by atoms with Crippen LogP contribution in [0.4, 0.5) is 16.0 Å². The largest absolute Gasteiger partial charge is 0.366 e. The summed E-state index contributed by atoms with van der Waals surface area (Å²) in [7, 11) is 0. The molecule has 4 heterocycles. The normalized spacial score (nSPS) is 16.0. The fourth-order valence-electron chi connectivity index (χ4n) is 4.69. The molecular formula is C23H26FN7O3. The van der Waals surface area contributed by atoms with Gasteiger partial charge >= 0.3 is 0 Å². The Kier molecular flexibility index (Phi) is 5.54. The van der Waals surface area contributed by atoms with Crippen molar-refractivity contribution in [1.29, 1.82) is 0 Å². The van der Waals surface area contributed by atoms with Crippen molar-refractivity contribution in [2.75, 3.05) is 10.6 Å². The molecule has 1 aliphatic carbocycles. The average molecular weight is 468 g/mol. The number of hydrogen-bond acceptors (Lipinski definition) is 6. The van der Waals surface area contributed by atoms with Crippen LogP contribution in [-0.4, -0.2) is 48.0 Å². The van der Waals surface area contributed by atoms with E-state index in [-0.39, 0.29) is 48.2 Å². The third-order valence-electron chi connectivity index (χ3n) is 6.39. The number of aromatic nitrogens is 4. The summed E-state index contributed by atoms with van der Waals surface area (Å²) in [6.45, 7) is 3.67. The predicted molar refractivity (Wildman–Crippen MR) is 123 cm³/mol. The monoisotopic (exact) mass is 467 g/mol. The second-order valence-electron chi connectivity index (χ2n) is 9.08. The summed E-state index contributed by atoms with van der Waals surface area (Å²) < 4.78 is 16.0. The Morgan fingerprint density at radius 2 is 1.97 bits per heavy atom. The number of anilines is 2. The summed E-state index contributed by atoms with van der Waals surface area (Å²) in [6, 6.07) is 4.42. The molecule has 5 rings (SSSR count). The number of carbonyl (C=O) groups is 2. The molecule has 0 aromatic carbocycles. The number of rotatable bonds is 6. The minimum Gasteiger partial charge on any atom is -0.366 e. The first kappa shape index (κ1) is 22.1. The molecule has 1 fully saturated rings. The Bertz CT molecular complexity index is 1320. The minimum atomic E-state index is -0.515. The van der Waals surface area contributed by atoms with Crippen molar-refractivity contribution >= 4 is 29.1 Å². The Balaban J connectivity index is 1.56. The maximum atomic E-state index is 13.3. The highest BCUT2D eigenvalue weighted by Crippen LogP contribution is 2.26. The zero-order valence-corrected chi connectivity index (χ0v) is 19.0. The van der Waals surface area contributed by atoms with Crippen molar-refractivity contribution in [2.24, 2.45) is 0 Å². The van der Waals surface area contributed by atoms with Crippen LogP contribution < -0.4 is 16.2 Å². The van der Waals surface area contributed by atoms with Gasteiger partial charge in [-0.3, -0.25) is 14.4 Å². The highest BCUT2D eigenvalue weighted by Gasteiger charge is 2.36. The molecule has 2 aliphatic rings. The summed E-state index contributed by atoms with van der Waals surface area (Å²) in [5.74, 6) is -0.556. The number of pyridine rings is 1. The van der Waals surface area contributed by atoms with Crippen LogP contribution in [0.25, 0.3) is 5.65 Å². The van der Waals surface area contributed by atoms with Gasteiger partial charge in [0.15, 0.2) is 5.82 Å². The van der Waals surface area contributed by atoms with Gasteiger partial charge in [0.25, 0.3) is 11.5 Å². The van der Waals surface area contributed by atoms with Crippen molar-refractivity contribution in [3.05, 3.63) is 51.8 Å². The number of amides is 2. The van der Waals surface area contributed by atoms with E-state index in [0.29, 0.717) is 17.0 Å². The molecule has 1 saturated carbocycles. The zero-order valence-electron chi connectivity index (χ0n) is 19.0. The fraction of sp³-hybridized carbons (Fsp3) is 0.435. The summed E-state index contributed by atoms with van der Waals surface area (Å²) in [5, 5.41) is 10.5. The maximum Gasteiger partial charge on any atom is 0.280 e. The lowest BCUT2D eigenvalue weighted by molar-refractivity contribution is -0.116. The summed E-state index contributed by atoms with van der Waals surface area (Å²) >= 11 is 0. The van der Waals surface area contributed by atoms with E-state index in [4.69, 9.17) is 0 Å². The summed E-state index contributed by atoms with van der Waals surface area (Å²) in [6.07, 6.45) is 5.35. The Morgan fingerprint density at radius 1 is 1.21 bits per heavy atom. The van der Waals surface area contributed by atoms with Crippen molar-refractivity contribution in [1.82, 2.24) is 24.1 Å². The lowest BCUT2D eigenvalue weighted by atomic mass is 10.2. The van der Waals surface area contributed by atoms with Crippen LogP contribution in [-0.2, 0) is 17.9 Å². The van der Waals surface area contributed by atoms with Gasteiger partial charge in [0.05, 0.1) is 18.3 Å². The Morgan fingerprint density at radius 3 is 2.65 bits per heavy atom. The molecule has 1 aliphatic heterocycles. The molecule has 3 aromatic rings. The molecule has 2 amide bonds. The highest BCUT2D eigenvalue weighted by molar-refractivity contribution is 5.98. The van der Waals surface area contributed by atoms with E-state index < -0.39 is 11.7 Å². The topological polar surface area (TPSA) is 114 Å². The average Bonchev–Trinajstić information content (AvgIpc) is 3.53. The molecule has 34 heavy (non-hydrogen) atoms. The van der Waals surface area contributed by atoms with Crippen molar-refractivity contribution < 1.29 is 14.0 Å². The molecule has 178 valence electrons. The predicted octanol–water partition coefficient (Wildman–Crippen LogP) is 2.39. The molecule has 10 nitrogen and oxygen atoms in total. The molecule has 2 N–H and O–H groups in total. The maximum absolute atomic E-state index is 13.3. The first-order chi connectivity index (χ1) is 16.3. The molecular weight excluding hydrogens is 441 g/mol. The third kappa shape index (κ3) is 3.91. The quantitative estimate of drug-likeness (QED) is 0.576. The van der Waals surface area contributed by atoms with E-state index in [1.165, 1.54) is 21.2 Å². The van der Waals surface area contributed by atoms with Gasteiger partial charge in [-0.05, 0) is 38.8 Å². The number of nitrogens with zero attached hydrogens (tertiary/aromatic N) is 5. The van der Waals surface area contributed by atoms with Gasteiger partial charge in [-0.15, -0.1) is 5.10 Å². The second kappa shape index (κ2) is 8.54. The third-order valence-corrected chi connectivity index (χ3v) is 6.39. The number of carbonyl (C=O) groups excluding carboxylic acids is 2. The number of halogens is 1. The van der Waals surface area contributed by atoms with Gasteiger partial charge in [-0.25, -0.2) is 9.37 Å². The molecule has 0 atom stereocenters. The highest BCUT2D eigenvalue weighted by atomic mass is 19.1. The summed E-state index contributed by atoms with van der Waals surface area (Å²) in [5.41, 5.74) is 0.499. The van der Waals surface area contributed by atoms with Gasteiger partial charge < -0.3 is 20.1 Å². The van der Waals surface area contributed by atoms with Gasteiger partial charge in [0, 0.05) is 18.2 Å². The van der Waals surface area contributed by atoms with Crippen LogP contribution in [0.5, 0.6) is 0 Å². The Hall–Kier alpha value is -3.76. The van der Waals surface area contributed by atoms with Crippen LogP contribution in [0.1, 0.15) is 55.6 Å². The van der Waals surface area contributed by atoms with Gasteiger partial charge in [0.1, 0.15) is 29.5 Å². The molecule has 3 aromatic heterocycles. The molecule has 11 heteroatoms. The number of nitrogens with one attached hydrogen (secondary N) is 2. The first-order valence-electron chi connectivity index (χ1n) is 11.5. The zero-order chi connectivity index (χ0) is 24.0. The van der Waals surface area contributed by atoms with Crippen LogP contribution in [0.3, 0.4) is 0 Å². The van der Waals surface area contributed by atoms with Gasteiger partial charge in [-0.2, -0.15) is 4.52 Å². The molecule has 0 spiro atoms. The van der Waals surface area contributed by atoms with Crippen LogP contribution in [0.15, 0.2) is 29.2 Å². The lowest BCUT2D eigenvalue weighted by Gasteiger charge is -2.20. The van der Waals surface area contributed by atoms with Gasteiger partial charge in [-0.1, -0.05) is 12.8 Å². The number of fused-ring (bicyclic) bond motifs is 2. The molecule has 0 unspecified atom stereocenters. The van der Waals surface area contributed by atoms with E-state index in [1.807, 2.05) is 13.8 Å². The van der Waals surface area contributed by atoms with Crippen molar-refractivity contribution in [2.45, 2.75) is 64.7 Å². The Labute approximate surface area is 194 Å². The van der Waals surface area contributed by atoms with Crippen LogP contribution >= 0.6 is 0 Å². The van der Waals surface area contributed by atoms with E-state index in [9.17, 15) is 18.8 Å². The number of hydrogen-bond donors (Lipinski definition) is 2. The van der Waals surface area contributed by atoms with Crippen LogP contribution in [0, 0.1) is 5.82 Å². The van der Waals surface area contributed by atoms with E-state index in [1.54, 1.807) is 11.0 Å². The molecule has 0 radical (unpaired) electrons. The van der Waals surface area contributed by atoms with E-state index in [2.05, 4.69) is 20.7 Å². The molecule has 0 bridgehead atoms. The SMILES string of the molecule is CC(C)N1Cc2c(n(CC(=O)Nc3ccc(F)cn3)c3cc(NC4CCCC4)nn3c2=O)C1=O. The van der Waals surface area contributed by atoms with E-state index in [0.717, 1.165) is 31.9 Å². The fourth-order valence-corrected chi connectivity index (χ4v) is 4.69. The summed E-state index contributed by atoms with van der Waals surface area (Å²) in [4.78, 5) is 44.9. The second-order valence-corrected chi connectivity index (χ2v) is 9.08. The van der Waals surface area contributed by atoms with Gasteiger partial charge in [0.2, 0.25) is 5.91 Å². The van der Waals surface area contributed by atoms with Crippen molar-refractivity contribution in [3.63, 3.8) is 0 Å². The van der Waals surface area contributed by atoms with Crippen molar-refractivity contribution in [3.8, 4) is 0 Å². The lowest BCUT2D eigenvalue weighted by Crippen LogP contribution is -2.32. The van der Waals surface area contributed by atoms with Crippen LogP contribution in [0.2, 0.25) is 0 Å². The minimum absolute atomic E-state index is 0.114. The standard InChI is InChI=1S/C23H26FN7O3/c1-13(2)29-11-16-21(23(29)34)30(12-19(32)27-17-8-7-14(24)10-25-17)20-9-18(28-31(20)22(16)33)26-15-5-3-4-6-15/h7-10,13,15H,3-6,11-12H2,1-2H3,(H,26,28)(H,25,27,32). The first-order valence-corrected chi connectivity index (χ1v) is 11.5.